The molecule has 0 saturated carbocycles. The van der Waals surface area contributed by atoms with Crippen molar-refractivity contribution < 1.29 is 0 Å². The van der Waals surface area contributed by atoms with Crippen molar-refractivity contribution in [3.63, 3.8) is 0 Å². The van der Waals surface area contributed by atoms with Gasteiger partial charge in [-0.25, -0.2) is 9.97 Å². The van der Waals surface area contributed by atoms with Crippen LogP contribution in [-0.4, -0.2) is 19.1 Å². The fourth-order valence-electron chi connectivity index (χ4n) is 1.95. The van der Waals surface area contributed by atoms with Crippen molar-refractivity contribution >= 4 is 17.0 Å². The first kappa shape index (κ1) is 9.89. The van der Waals surface area contributed by atoms with Gasteiger partial charge in [-0.15, -0.1) is 0 Å². The lowest BCUT2D eigenvalue weighted by Gasteiger charge is -2.06. The van der Waals surface area contributed by atoms with Crippen molar-refractivity contribution in [2.45, 2.75) is 6.54 Å². The largest absolute Gasteiger partial charge is 0.369 e. The van der Waals surface area contributed by atoms with Gasteiger partial charge >= 0.3 is 0 Å². The van der Waals surface area contributed by atoms with Gasteiger partial charge in [-0.2, -0.15) is 0 Å². The quantitative estimate of drug-likeness (QED) is 0.719. The zero-order valence-electron chi connectivity index (χ0n) is 9.54. The molecule has 0 aliphatic heterocycles. The van der Waals surface area contributed by atoms with E-state index < -0.39 is 0 Å². The van der Waals surface area contributed by atoms with E-state index in [9.17, 15) is 0 Å². The maximum Gasteiger partial charge on any atom is 0.201 e. The maximum absolute atomic E-state index is 5.93. The van der Waals surface area contributed by atoms with Crippen LogP contribution in [0, 0.1) is 0 Å². The molecule has 3 rings (SSSR count). The predicted octanol–water partition coefficient (Wildman–Crippen LogP) is 1.40. The van der Waals surface area contributed by atoms with Gasteiger partial charge < -0.3 is 14.9 Å². The summed E-state index contributed by atoms with van der Waals surface area (Å²) in [6.45, 7) is 0.635. The minimum absolute atomic E-state index is 0.522. The molecule has 0 spiro atoms. The molecule has 2 N–H and O–H groups in total. The molecule has 5 nitrogen and oxygen atoms in total. The number of anilines is 1. The van der Waals surface area contributed by atoms with Crippen LogP contribution in [0.15, 0.2) is 36.7 Å². The van der Waals surface area contributed by atoms with Crippen LogP contribution < -0.4 is 5.73 Å². The Hall–Kier alpha value is -2.30. The van der Waals surface area contributed by atoms with Crippen LogP contribution in [0.5, 0.6) is 0 Å². The normalized spacial score (nSPS) is 11.1. The Balaban J connectivity index is 2.11. The first-order valence-corrected chi connectivity index (χ1v) is 5.42. The van der Waals surface area contributed by atoms with Crippen molar-refractivity contribution in [3.8, 4) is 0 Å². The third-order valence-electron chi connectivity index (χ3n) is 2.90. The molecule has 0 amide bonds. The summed E-state index contributed by atoms with van der Waals surface area (Å²) in [6.07, 6.45) is 3.70. The topological polar surface area (TPSA) is 61.7 Å². The summed E-state index contributed by atoms with van der Waals surface area (Å²) in [6, 6.07) is 7.92. The Morgan fingerprint density at radius 1 is 1.29 bits per heavy atom. The van der Waals surface area contributed by atoms with Crippen LogP contribution in [-0.2, 0) is 13.6 Å². The van der Waals surface area contributed by atoms with Crippen molar-refractivity contribution in [2.75, 3.05) is 5.73 Å². The molecule has 0 fully saturated rings. The minimum atomic E-state index is 0.522. The van der Waals surface area contributed by atoms with E-state index >= 15 is 0 Å². The van der Waals surface area contributed by atoms with E-state index in [2.05, 4.69) is 9.97 Å². The number of benzene rings is 1. The number of nitrogen functional groups attached to an aromatic ring is 1. The highest BCUT2D eigenvalue weighted by Crippen LogP contribution is 2.18. The number of nitrogens with zero attached hydrogens (tertiary/aromatic N) is 4. The highest BCUT2D eigenvalue weighted by atomic mass is 15.2. The SMILES string of the molecule is Cn1ccnc1Cn1c(N)nc2ccccc21. The summed E-state index contributed by atoms with van der Waals surface area (Å²) in [4.78, 5) is 8.62. The third kappa shape index (κ3) is 1.56. The fraction of sp³-hybridized carbons (Fsp3) is 0.167. The fourth-order valence-corrected chi connectivity index (χ4v) is 1.95. The highest BCUT2D eigenvalue weighted by molar-refractivity contribution is 5.78. The molecule has 5 heteroatoms. The molecular formula is C12H13N5. The van der Waals surface area contributed by atoms with Crippen molar-refractivity contribution in [2.24, 2.45) is 7.05 Å². The summed E-state index contributed by atoms with van der Waals surface area (Å²) < 4.78 is 3.95. The molecule has 3 aromatic rings. The molecule has 1 aromatic carbocycles. The Morgan fingerprint density at radius 2 is 2.12 bits per heavy atom. The van der Waals surface area contributed by atoms with Gasteiger partial charge in [0.05, 0.1) is 17.6 Å². The summed E-state index contributed by atoms with van der Waals surface area (Å²) >= 11 is 0. The van der Waals surface area contributed by atoms with E-state index in [-0.39, 0.29) is 0 Å². The van der Waals surface area contributed by atoms with Crippen LogP contribution in [0.3, 0.4) is 0 Å². The van der Waals surface area contributed by atoms with Crippen LogP contribution in [0.4, 0.5) is 5.95 Å². The number of nitrogens with two attached hydrogens (primary N) is 1. The third-order valence-corrected chi connectivity index (χ3v) is 2.90. The Bertz CT molecular complexity index is 664. The lowest BCUT2D eigenvalue weighted by atomic mass is 10.3. The maximum atomic E-state index is 5.93. The standard InChI is InChI=1S/C12H13N5/c1-16-7-6-14-11(16)8-17-10-5-3-2-4-9(10)15-12(17)13/h2-7H,8H2,1H3,(H2,13,15). The Kier molecular flexibility index (Phi) is 2.11. The molecule has 0 aliphatic rings. The number of aryl methyl sites for hydroxylation is 1. The van der Waals surface area contributed by atoms with Gasteiger partial charge in [-0.3, -0.25) is 0 Å². The van der Waals surface area contributed by atoms with Crippen molar-refractivity contribution in [3.05, 3.63) is 42.5 Å². The van der Waals surface area contributed by atoms with Crippen molar-refractivity contribution in [1.82, 2.24) is 19.1 Å². The van der Waals surface area contributed by atoms with Gasteiger partial charge in [0.25, 0.3) is 0 Å². The average Bonchev–Trinajstić information content (AvgIpc) is 2.85. The number of imidazole rings is 2. The lowest BCUT2D eigenvalue weighted by Crippen LogP contribution is -2.08. The summed E-state index contributed by atoms with van der Waals surface area (Å²) in [5, 5.41) is 0. The second kappa shape index (κ2) is 3.62. The van der Waals surface area contributed by atoms with E-state index in [4.69, 9.17) is 5.73 Å². The lowest BCUT2D eigenvalue weighted by molar-refractivity contribution is 0.720. The minimum Gasteiger partial charge on any atom is -0.369 e. The molecule has 17 heavy (non-hydrogen) atoms. The summed E-state index contributed by atoms with van der Waals surface area (Å²) in [5.41, 5.74) is 7.89. The van der Waals surface area contributed by atoms with Gasteiger partial charge in [-0.1, -0.05) is 12.1 Å². The van der Waals surface area contributed by atoms with E-state index in [1.165, 1.54) is 0 Å². The van der Waals surface area contributed by atoms with Crippen LogP contribution >= 0.6 is 0 Å². The number of aromatic nitrogens is 4. The molecule has 0 aliphatic carbocycles. The number of hydrogen-bond acceptors (Lipinski definition) is 3. The van der Waals surface area contributed by atoms with E-state index in [0.29, 0.717) is 12.5 Å². The van der Waals surface area contributed by atoms with Gasteiger partial charge in [-0.05, 0) is 12.1 Å². The number of rotatable bonds is 2. The van der Waals surface area contributed by atoms with Gasteiger partial charge in [0.1, 0.15) is 5.82 Å². The van der Waals surface area contributed by atoms with Gasteiger partial charge in [0, 0.05) is 19.4 Å². The van der Waals surface area contributed by atoms with E-state index in [0.717, 1.165) is 16.9 Å². The highest BCUT2D eigenvalue weighted by Gasteiger charge is 2.09. The molecule has 0 radical (unpaired) electrons. The molecule has 0 saturated heterocycles. The number of para-hydroxylation sites is 2. The second-order valence-corrected chi connectivity index (χ2v) is 4.00. The predicted molar refractivity (Wildman–Crippen MR) is 66.5 cm³/mol. The molecule has 2 heterocycles. The Labute approximate surface area is 98.5 Å². The summed E-state index contributed by atoms with van der Waals surface area (Å²) in [5.74, 6) is 1.48. The molecular weight excluding hydrogens is 214 g/mol. The van der Waals surface area contributed by atoms with Crippen LogP contribution in [0.2, 0.25) is 0 Å². The molecule has 0 unspecified atom stereocenters. The number of fused-ring (bicyclic) bond motifs is 1. The van der Waals surface area contributed by atoms with Crippen LogP contribution in [0.1, 0.15) is 5.82 Å². The average molecular weight is 227 g/mol. The molecule has 2 aromatic heterocycles. The smallest absolute Gasteiger partial charge is 0.201 e. The molecule has 86 valence electrons. The van der Waals surface area contributed by atoms with Crippen LogP contribution in [0.25, 0.3) is 11.0 Å². The van der Waals surface area contributed by atoms with Gasteiger partial charge in [0.2, 0.25) is 5.95 Å². The van der Waals surface area contributed by atoms with Gasteiger partial charge in [0.15, 0.2) is 0 Å². The zero-order valence-corrected chi connectivity index (χ0v) is 9.54. The first-order chi connectivity index (χ1) is 8.25. The van der Waals surface area contributed by atoms with Crippen molar-refractivity contribution in [1.29, 1.82) is 0 Å². The monoisotopic (exact) mass is 227 g/mol. The Morgan fingerprint density at radius 3 is 2.88 bits per heavy atom. The first-order valence-electron chi connectivity index (χ1n) is 5.42. The molecule has 0 atom stereocenters. The summed E-state index contributed by atoms with van der Waals surface area (Å²) in [7, 11) is 1.97. The second-order valence-electron chi connectivity index (χ2n) is 4.00. The molecule has 0 bridgehead atoms. The number of hydrogen-bond donors (Lipinski definition) is 1. The zero-order chi connectivity index (χ0) is 11.8. The van der Waals surface area contributed by atoms with E-state index in [1.807, 2.05) is 46.6 Å². The van der Waals surface area contributed by atoms with E-state index in [1.54, 1.807) is 6.20 Å².